The van der Waals surface area contributed by atoms with E-state index in [4.69, 9.17) is 0 Å². The van der Waals surface area contributed by atoms with Crippen LogP contribution in [0.15, 0.2) is 30.3 Å². The first-order valence-electron chi connectivity index (χ1n) is 6.61. The minimum absolute atomic E-state index is 0.130. The number of H-pyrrole nitrogens is 1. The van der Waals surface area contributed by atoms with Crippen LogP contribution in [-0.2, 0) is 6.18 Å². The van der Waals surface area contributed by atoms with Gasteiger partial charge in [-0.2, -0.15) is 13.2 Å². The number of halogens is 3. The summed E-state index contributed by atoms with van der Waals surface area (Å²) < 4.78 is 38.8. The summed E-state index contributed by atoms with van der Waals surface area (Å²) in [4.78, 5) is 10.0. The van der Waals surface area contributed by atoms with Crippen LogP contribution < -0.4 is 5.32 Å². The smallest absolute Gasteiger partial charge is 0.343 e. The summed E-state index contributed by atoms with van der Waals surface area (Å²) in [6.07, 6.45) is -4.60. The quantitative estimate of drug-likeness (QED) is 0.740. The topological polar surface area (TPSA) is 53.6 Å². The van der Waals surface area contributed by atoms with Crippen molar-refractivity contribution in [2.45, 2.75) is 20.0 Å². The third-order valence-electron chi connectivity index (χ3n) is 3.19. The fourth-order valence-corrected chi connectivity index (χ4v) is 2.14. The Morgan fingerprint density at radius 1 is 1.05 bits per heavy atom. The maximum absolute atomic E-state index is 12.9. The van der Waals surface area contributed by atoms with Gasteiger partial charge in [0.2, 0.25) is 5.82 Å². The summed E-state index contributed by atoms with van der Waals surface area (Å²) in [6.45, 7) is 3.69. The maximum Gasteiger partial charge on any atom is 0.451 e. The van der Waals surface area contributed by atoms with Gasteiger partial charge < -0.3 is 10.3 Å². The van der Waals surface area contributed by atoms with E-state index in [0.717, 1.165) is 11.3 Å². The van der Waals surface area contributed by atoms with Crippen molar-refractivity contribution in [3.8, 4) is 0 Å². The van der Waals surface area contributed by atoms with Gasteiger partial charge in [0.25, 0.3) is 0 Å². The zero-order chi connectivity index (χ0) is 15.9. The van der Waals surface area contributed by atoms with E-state index >= 15 is 0 Å². The molecule has 7 heteroatoms. The van der Waals surface area contributed by atoms with Gasteiger partial charge in [0.1, 0.15) is 11.5 Å². The Balaban J connectivity index is 2.11. The molecule has 0 radical (unpaired) electrons. The van der Waals surface area contributed by atoms with Crippen LogP contribution in [0, 0.1) is 13.8 Å². The molecule has 22 heavy (non-hydrogen) atoms. The number of nitrogens with zero attached hydrogens (tertiary/aromatic N) is 2. The van der Waals surface area contributed by atoms with Crippen molar-refractivity contribution < 1.29 is 13.2 Å². The molecule has 0 unspecified atom stereocenters. The number of rotatable bonds is 2. The molecule has 3 aromatic rings. The largest absolute Gasteiger partial charge is 0.451 e. The molecular formula is C15H13F3N4. The summed E-state index contributed by atoms with van der Waals surface area (Å²) >= 11 is 0. The fourth-order valence-electron chi connectivity index (χ4n) is 2.14. The summed E-state index contributed by atoms with van der Waals surface area (Å²) in [5, 5.41) is 3.45. The number of alkyl halides is 3. The number of nitrogens with one attached hydrogen (secondary N) is 2. The Morgan fingerprint density at radius 3 is 2.36 bits per heavy atom. The molecule has 114 valence electrons. The molecule has 2 heterocycles. The van der Waals surface area contributed by atoms with E-state index in [-0.39, 0.29) is 11.5 Å². The minimum Gasteiger partial charge on any atom is -0.343 e. The molecular weight excluding hydrogens is 293 g/mol. The molecule has 0 aliphatic heterocycles. The number of aryl methyl sites for hydroxylation is 2. The number of anilines is 2. The van der Waals surface area contributed by atoms with Gasteiger partial charge in [-0.05, 0) is 32.0 Å². The first kappa shape index (κ1) is 14.4. The van der Waals surface area contributed by atoms with Crippen molar-refractivity contribution in [1.29, 1.82) is 0 Å². The standard InChI is InChI=1S/C15H13F3N4/c1-8-3-5-10(6-4-8)20-13-11-7-9(2)19-12(11)21-14(22-13)15(16,17)18/h3-7H,1-2H3,(H2,19,20,21,22). The van der Waals surface area contributed by atoms with Crippen molar-refractivity contribution in [2.24, 2.45) is 0 Å². The molecule has 2 N–H and O–H groups in total. The molecule has 3 rings (SSSR count). The highest BCUT2D eigenvalue weighted by molar-refractivity contribution is 5.89. The molecule has 0 fully saturated rings. The second-order valence-electron chi connectivity index (χ2n) is 5.10. The van der Waals surface area contributed by atoms with Gasteiger partial charge in [0.15, 0.2) is 0 Å². The number of fused-ring (bicyclic) bond motifs is 1. The molecule has 4 nitrogen and oxygen atoms in total. The van der Waals surface area contributed by atoms with Crippen LogP contribution in [0.3, 0.4) is 0 Å². The van der Waals surface area contributed by atoms with Crippen LogP contribution in [-0.4, -0.2) is 15.0 Å². The van der Waals surface area contributed by atoms with Gasteiger partial charge in [-0.25, -0.2) is 9.97 Å². The summed E-state index contributed by atoms with van der Waals surface area (Å²) in [5.74, 6) is -1.04. The highest BCUT2D eigenvalue weighted by Crippen LogP contribution is 2.31. The van der Waals surface area contributed by atoms with Crippen molar-refractivity contribution in [2.75, 3.05) is 5.32 Å². The summed E-state index contributed by atoms with van der Waals surface area (Å²) in [6, 6.07) is 9.03. The number of aromatic nitrogens is 3. The molecule has 0 amide bonds. The van der Waals surface area contributed by atoms with Gasteiger partial charge >= 0.3 is 6.18 Å². The van der Waals surface area contributed by atoms with E-state index in [1.807, 2.05) is 19.1 Å². The van der Waals surface area contributed by atoms with E-state index in [2.05, 4.69) is 20.3 Å². The zero-order valence-electron chi connectivity index (χ0n) is 11.9. The molecule has 2 aromatic heterocycles. The van der Waals surface area contributed by atoms with Crippen LogP contribution in [0.25, 0.3) is 11.0 Å². The van der Waals surface area contributed by atoms with Crippen LogP contribution in [0.4, 0.5) is 24.7 Å². The molecule has 0 saturated heterocycles. The van der Waals surface area contributed by atoms with E-state index in [1.165, 1.54) is 0 Å². The Labute approximate surface area is 124 Å². The van der Waals surface area contributed by atoms with E-state index < -0.39 is 12.0 Å². The highest BCUT2D eigenvalue weighted by atomic mass is 19.4. The second kappa shape index (κ2) is 5.01. The first-order chi connectivity index (χ1) is 10.3. The Kier molecular flexibility index (Phi) is 3.27. The van der Waals surface area contributed by atoms with E-state index in [9.17, 15) is 13.2 Å². The van der Waals surface area contributed by atoms with Crippen LogP contribution in [0.1, 0.15) is 17.1 Å². The third kappa shape index (κ3) is 2.74. The first-order valence-corrected chi connectivity index (χ1v) is 6.61. The van der Waals surface area contributed by atoms with Crippen molar-refractivity contribution >= 4 is 22.5 Å². The summed E-state index contributed by atoms with van der Waals surface area (Å²) in [7, 11) is 0. The van der Waals surface area contributed by atoms with Crippen LogP contribution >= 0.6 is 0 Å². The Morgan fingerprint density at radius 2 is 1.73 bits per heavy atom. The van der Waals surface area contributed by atoms with E-state index in [1.54, 1.807) is 25.1 Å². The van der Waals surface area contributed by atoms with Gasteiger partial charge in [-0.15, -0.1) is 0 Å². The number of aromatic amines is 1. The average molecular weight is 306 g/mol. The molecule has 0 spiro atoms. The minimum atomic E-state index is -4.60. The maximum atomic E-state index is 12.9. The predicted octanol–water partition coefficient (Wildman–Crippen LogP) is 4.34. The van der Waals surface area contributed by atoms with E-state index in [0.29, 0.717) is 11.1 Å². The lowest BCUT2D eigenvalue weighted by atomic mass is 10.2. The Bertz CT molecular complexity index is 819. The number of hydrogen-bond donors (Lipinski definition) is 2. The zero-order valence-corrected chi connectivity index (χ0v) is 11.9. The number of hydrogen-bond acceptors (Lipinski definition) is 3. The number of benzene rings is 1. The van der Waals surface area contributed by atoms with Gasteiger partial charge in [0.05, 0.1) is 5.39 Å². The monoisotopic (exact) mass is 306 g/mol. The highest BCUT2D eigenvalue weighted by Gasteiger charge is 2.35. The summed E-state index contributed by atoms with van der Waals surface area (Å²) in [5.41, 5.74) is 2.61. The molecule has 1 aromatic carbocycles. The lowest BCUT2D eigenvalue weighted by Gasteiger charge is -2.10. The van der Waals surface area contributed by atoms with Crippen molar-refractivity contribution in [3.05, 3.63) is 47.4 Å². The van der Waals surface area contributed by atoms with Crippen molar-refractivity contribution in [1.82, 2.24) is 15.0 Å². The fraction of sp³-hybridized carbons (Fsp3) is 0.200. The van der Waals surface area contributed by atoms with Crippen molar-refractivity contribution in [3.63, 3.8) is 0 Å². The predicted molar refractivity (Wildman–Crippen MR) is 78.1 cm³/mol. The molecule has 0 aliphatic rings. The molecule has 0 bridgehead atoms. The molecule has 0 atom stereocenters. The normalized spacial score (nSPS) is 11.9. The second-order valence-corrected chi connectivity index (χ2v) is 5.10. The lowest BCUT2D eigenvalue weighted by Crippen LogP contribution is -2.12. The van der Waals surface area contributed by atoms with Crippen LogP contribution in [0.5, 0.6) is 0 Å². The average Bonchev–Trinajstić information content (AvgIpc) is 2.81. The third-order valence-corrected chi connectivity index (χ3v) is 3.19. The molecule has 0 aliphatic carbocycles. The van der Waals surface area contributed by atoms with Gasteiger partial charge in [-0.3, -0.25) is 0 Å². The molecule has 0 saturated carbocycles. The SMILES string of the molecule is Cc1ccc(Nc2nc(C(F)(F)F)nc3[nH]c(C)cc23)cc1. The van der Waals surface area contributed by atoms with Gasteiger partial charge in [0, 0.05) is 11.4 Å². The van der Waals surface area contributed by atoms with Crippen LogP contribution in [0.2, 0.25) is 0 Å². The Hall–Kier alpha value is -2.57. The lowest BCUT2D eigenvalue weighted by molar-refractivity contribution is -0.144. The van der Waals surface area contributed by atoms with Gasteiger partial charge in [-0.1, -0.05) is 17.7 Å².